The quantitative estimate of drug-likeness (QED) is 0.169. The van der Waals surface area contributed by atoms with Crippen molar-refractivity contribution in [1.82, 2.24) is 34.1 Å². The fraction of sp³-hybridized carbons (Fsp3) is 0.489. The smallest absolute Gasteiger partial charge is 0.138 e. The molecule has 0 bridgehead atoms. The number of rotatable bonds is 6. The monoisotopic (exact) mass is 1430 g/mol. The van der Waals surface area contributed by atoms with E-state index in [4.69, 9.17) is 9.97 Å². The van der Waals surface area contributed by atoms with Crippen molar-refractivity contribution in [3.05, 3.63) is 198 Å². The summed E-state index contributed by atoms with van der Waals surface area (Å²) in [6, 6.07) is 9.17. The van der Waals surface area contributed by atoms with Crippen LogP contribution in [-0.2, 0) is 43.2 Å². The van der Waals surface area contributed by atoms with Gasteiger partial charge in [-0.1, -0.05) is 176 Å². The Bertz CT molecular complexity index is 4750. The lowest BCUT2D eigenvalue weighted by molar-refractivity contribution is 0.613. The molecule has 0 unspecified atom stereocenters. The third-order valence-electron chi connectivity index (χ3n) is 21.7. The molecule has 10 heteroatoms. The number of nitrogens with zero attached hydrogens (tertiary/aromatic N) is 8. The van der Waals surface area contributed by atoms with Crippen LogP contribution in [0.4, 0.5) is 0 Å². The highest BCUT2D eigenvalue weighted by Crippen LogP contribution is 2.49. The van der Waals surface area contributed by atoms with E-state index < -0.39 is 0 Å². The molecule has 0 saturated carbocycles. The van der Waals surface area contributed by atoms with Gasteiger partial charge in [-0.25, -0.2) is 4.98 Å². The molecule has 0 atom stereocenters. The van der Waals surface area contributed by atoms with Gasteiger partial charge in [0.05, 0.1) is 56.2 Å². The maximum atomic E-state index is 9.57. The molecule has 104 heavy (non-hydrogen) atoms. The maximum absolute atomic E-state index is 9.57. The lowest BCUT2D eigenvalue weighted by atomic mass is 9.72. The first-order valence-corrected chi connectivity index (χ1v) is 31.4. The standard InChI is InChI=1S/2C27H31N3.C25H28N4.15CH4.3H2/c2*1-14-13-30(9)26-17(4)15(2)16(3)25(24(14)26)27(7,8)20-10-21-18(5)22(12-28)19(6)29-23(21)11-20;1-12-11-27-23-15(4)13(2)14(3)22(21(12)23)25(7,8)20-9-18-16(5)19(10-26)17(6)28-24(18)29-20;;;;;;;;;;;;;;;;;;/h2*10,13H,11H2,1-9H3;9,11,27H,1-8H3,(H,28,29);15*1H4;3*1H. The van der Waals surface area contributed by atoms with E-state index in [-0.39, 0.29) is 132 Å². The number of benzene rings is 3. The average molecular weight is 1430 g/mol. The number of H-pyrrole nitrogens is 2. The first-order valence-electron chi connectivity index (χ1n) is 31.4. The summed E-state index contributed by atoms with van der Waals surface area (Å²) >= 11 is 0. The molecule has 10 aromatic rings. The molecule has 0 fully saturated rings. The second-order valence-corrected chi connectivity index (χ2v) is 27.9. The number of aryl methyl sites for hydroxylation is 12. The number of fused-ring (bicyclic) bond motifs is 6. The summed E-state index contributed by atoms with van der Waals surface area (Å²) in [5, 5.41) is 33.8. The van der Waals surface area contributed by atoms with Crippen molar-refractivity contribution < 1.29 is 4.28 Å². The van der Waals surface area contributed by atoms with Gasteiger partial charge < -0.3 is 19.1 Å². The average Bonchev–Trinajstić information content (AvgIpc) is 1.63. The molecule has 2 aliphatic rings. The highest BCUT2D eigenvalue weighted by atomic mass is 14.9. The SMILES string of the molecule is C.C.C.C.C.C.C.C.C.C.C.C.C.C.C.Cc1nc2[nH]c(C(C)(C)c3c(C)c(C)c(C)c4[nH]cc(C)c34)cc2c(C)c1C#N.Cc1nc2c(c(C)c1C#N)C=C(C(C)(C)c1c(C)c(C)c(C)c3c1c(C)cn3C)C2.Cc1nc2c(c(C)c1C#N)C=C(C(C)(C)c1c(C)c(C)c(C)c3c1c(C)cn3C)C2.[HH].[HH].[HH]. The first kappa shape index (κ1) is 106. The summed E-state index contributed by atoms with van der Waals surface area (Å²) in [7, 11) is 4.30. The van der Waals surface area contributed by atoms with Crippen LogP contribution < -0.4 is 0 Å². The number of pyridine rings is 3. The van der Waals surface area contributed by atoms with E-state index in [2.05, 4.69) is 232 Å². The van der Waals surface area contributed by atoms with E-state index in [9.17, 15) is 15.8 Å². The highest BCUT2D eigenvalue weighted by molar-refractivity contribution is 5.96. The molecule has 7 heterocycles. The lowest BCUT2D eigenvalue weighted by Crippen LogP contribution is -2.23. The first-order chi connectivity index (χ1) is 41.6. The largest absolute Gasteiger partial charge is 0.361 e. The minimum Gasteiger partial charge on any atom is -0.361 e. The Balaban J connectivity index is -0.000000177. The number of aromatic amines is 2. The Morgan fingerprint density at radius 3 is 1.08 bits per heavy atom. The maximum Gasteiger partial charge on any atom is 0.138 e. The van der Waals surface area contributed by atoms with Gasteiger partial charge >= 0.3 is 0 Å². The summed E-state index contributed by atoms with van der Waals surface area (Å²) in [4.78, 5) is 21.3. The third-order valence-corrected chi connectivity index (χ3v) is 21.7. The number of nitriles is 3. The molecular formula is C94H156N10. The topological polar surface area (TPSA) is 151 Å². The third kappa shape index (κ3) is 16.1. The molecule has 0 radical (unpaired) electrons. The molecule has 0 amide bonds. The molecule has 10 nitrogen and oxygen atoms in total. The molecule has 7 aromatic heterocycles. The van der Waals surface area contributed by atoms with E-state index in [0.29, 0.717) is 16.7 Å². The molecule has 3 aromatic carbocycles. The predicted octanol–water partition coefficient (Wildman–Crippen LogP) is 28.8. The Kier molecular flexibility index (Phi) is 38.1. The minimum atomic E-state index is -0.248. The van der Waals surface area contributed by atoms with Crippen molar-refractivity contribution in [3.8, 4) is 18.2 Å². The molecule has 0 aliphatic heterocycles. The van der Waals surface area contributed by atoms with Gasteiger partial charge in [0.2, 0.25) is 0 Å². The van der Waals surface area contributed by atoms with E-state index in [1.165, 1.54) is 127 Å². The molecule has 0 saturated heterocycles. The van der Waals surface area contributed by atoms with Crippen LogP contribution in [0.25, 0.3) is 55.9 Å². The van der Waals surface area contributed by atoms with Crippen molar-refractivity contribution in [2.45, 2.75) is 307 Å². The molecule has 582 valence electrons. The Hall–Kier alpha value is -8.78. The van der Waals surface area contributed by atoms with Crippen LogP contribution in [0.3, 0.4) is 0 Å². The van der Waals surface area contributed by atoms with Gasteiger partial charge in [0.25, 0.3) is 0 Å². The Labute approximate surface area is 643 Å². The Morgan fingerprint density at radius 1 is 0.394 bits per heavy atom. The highest BCUT2D eigenvalue weighted by Gasteiger charge is 2.38. The molecule has 0 spiro atoms. The van der Waals surface area contributed by atoms with Crippen molar-refractivity contribution >= 4 is 55.9 Å². The number of hydrogen-bond donors (Lipinski definition) is 2. The van der Waals surface area contributed by atoms with Crippen molar-refractivity contribution in [2.24, 2.45) is 14.1 Å². The zero-order valence-electron chi connectivity index (χ0n) is 58.0. The number of nitrogens with one attached hydrogen (secondary N) is 2. The van der Waals surface area contributed by atoms with Crippen LogP contribution in [0.2, 0.25) is 0 Å². The molecule has 2 aliphatic carbocycles. The zero-order valence-corrected chi connectivity index (χ0v) is 58.0. The zero-order chi connectivity index (χ0) is 65.5. The van der Waals surface area contributed by atoms with Gasteiger partial charge in [0.15, 0.2) is 0 Å². The van der Waals surface area contributed by atoms with Crippen molar-refractivity contribution in [3.63, 3.8) is 0 Å². The van der Waals surface area contributed by atoms with Crippen LogP contribution in [0.15, 0.2) is 35.8 Å². The fourth-order valence-corrected chi connectivity index (χ4v) is 16.0. The van der Waals surface area contributed by atoms with Gasteiger partial charge in [0, 0.05) is 110 Å². The molecular weight excluding hydrogens is 1270 g/mol. The van der Waals surface area contributed by atoms with E-state index in [0.717, 1.165) is 85.9 Å². The van der Waals surface area contributed by atoms with Crippen LogP contribution in [0.5, 0.6) is 0 Å². The van der Waals surface area contributed by atoms with Gasteiger partial charge in [-0.3, -0.25) is 9.97 Å². The van der Waals surface area contributed by atoms with E-state index >= 15 is 0 Å². The summed E-state index contributed by atoms with van der Waals surface area (Å²) in [5.74, 6) is 0. The molecule has 12 rings (SSSR count). The second kappa shape index (κ2) is 37.3. The normalized spacial score (nSPS) is 11.2. The Morgan fingerprint density at radius 2 is 0.721 bits per heavy atom. The van der Waals surface area contributed by atoms with Crippen molar-refractivity contribution in [2.75, 3.05) is 0 Å². The fourth-order valence-electron chi connectivity index (χ4n) is 16.0. The van der Waals surface area contributed by atoms with Crippen molar-refractivity contribution in [1.29, 1.82) is 15.8 Å². The summed E-state index contributed by atoms with van der Waals surface area (Å²) < 4.78 is 4.55. The van der Waals surface area contributed by atoms with Crippen LogP contribution >= 0.6 is 0 Å². The van der Waals surface area contributed by atoms with Crippen LogP contribution in [-0.4, -0.2) is 34.1 Å². The lowest BCUT2D eigenvalue weighted by Gasteiger charge is -2.32. The summed E-state index contributed by atoms with van der Waals surface area (Å²) in [5.41, 5.74) is 40.6. The van der Waals surface area contributed by atoms with Gasteiger partial charge in [-0.2, -0.15) is 15.8 Å². The summed E-state index contributed by atoms with van der Waals surface area (Å²) in [6.45, 7) is 52.6. The van der Waals surface area contributed by atoms with Crippen LogP contribution in [0.1, 0.15) is 319 Å². The number of aromatic nitrogens is 7. The van der Waals surface area contributed by atoms with E-state index in [1.54, 1.807) is 0 Å². The van der Waals surface area contributed by atoms with Gasteiger partial charge in [-0.15, -0.1) is 0 Å². The second-order valence-electron chi connectivity index (χ2n) is 27.9. The minimum absolute atomic E-state index is 0. The van der Waals surface area contributed by atoms with Gasteiger partial charge in [-0.05, 0) is 231 Å². The number of hydrogen-bond acceptors (Lipinski definition) is 6. The predicted molar refractivity (Wildman–Crippen MR) is 477 cm³/mol. The summed E-state index contributed by atoms with van der Waals surface area (Å²) in [6.07, 6.45) is 12.9. The molecule has 2 N–H and O–H groups in total. The van der Waals surface area contributed by atoms with E-state index in [1.807, 2.05) is 27.7 Å². The number of allylic oxidation sites excluding steroid dienone is 2. The van der Waals surface area contributed by atoms with Gasteiger partial charge in [0.1, 0.15) is 23.9 Å². The van der Waals surface area contributed by atoms with Crippen LogP contribution in [0, 0.1) is 159 Å².